The minimum atomic E-state index is -0.379. The fourth-order valence-corrected chi connectivity index (χ4v) is 2.71. The highest BCUT2D eigenvalue weighted by molar-refractivity contribution is 5.76. The summed E-state index contributed by atoms with van der Waals surface area (Å²) in [6, 6.07) is 5.24. The van der Waals surface area contributed by atoms with Gasteiger partial charge in [0.15, 0.2) is 11.6 Å². The van der Waals surface area contributed by atoms with Gasteiger partial charge in [-0.25, -0.2) is 4.39 Å². The van der Waals surface area contributed by atoms with E-state index in [4.69, 9.17) is 4.74 Å². The number of ether oxygens (including phenoxy) is 1. The molecule has 1 aliphatic heterocycles. The first-order valence-electron chi connectivity index (χ1n) is 7.41. The fourth-order valence-electron chi connectivity index (χ4n) is 2.71. The number of nitrogens with one attached hydrogen (secondary N) is 1. The van der Waals surface area contributed by atoms with E-state index in [1.165, 1.54) is 13.2 Å². The highest BCUT2D eigenvalue weighted by Gasteiger charge is 2.22. The molecular weight excluding hydrogens is 271 g/mol. The molecule has 0 radical (unpaired) electrons. The number of piperidine rings is 1. The summed E-state index contributed by atoms with van der Waals surface area (Å²) in [5.41, 5.74) is 0.823. The number of nitrogens with zero attached hydrogens (tertiary/aromatic N) is 1. The van der Waals surface area contributed by atoms with E-state index in [2.05, 4.69) is 5.32 Å². The second-order valence-electron chi connectivity index (χ2n) is 5.44. The van der Waals surface area contributed by atoms with Crippen LogP contribution in [0.4, 0.5) is 4.39 Å². The van der Waals surface area contributed by atoms with Crippen LogP contribution < -0.4 is 10.1 Å². The Morgan fingerprint density at radius 3 is 3.00 bits per heavy atom. The summed E-state index contributed by atoms with van der Waals surface area (Å²) in [5, 5.41) is 3.23. The second-order valence-corrected chi connectivity index (χ2v) is 5.44. The molecule has 1 heterocycles. The number of hydrogen-bond acceptors (Lipinski definition) is 3. The number of methoxy groups -OCH3 is 1. The molecular formula is C16H23FN2O2. The third-order valence-corrected chi connectivity index (χ3v) is 4.03. The lowest BCUT2D eigenvalue weighted by molar-refractivity contribution is -0.132. The molecule has 0 aromatic heterocycles. The third kappa shape index (κ3) is 4.17. The number of carbonyl (C=O) groups is 1. The van der Waals surface area contributed by atoms with E-state index in [1.54, 1.807) is 6.07 Å². The lowest BCUT2D eigenvalue weighted by Gasteiger charge is -2.32. The van der Waals surface area contributed by atoms with Crippen LogP contribution in [-0.4, -0.2) is 44.1 Å². The Kier molecular flexibility index (Phi) is 5.56. The predicted octanol–water partition coefficient (Wildman–Crippen LogP) is 1.98. The maximum atomic E-state index is 13.6. The molecule has 0 spiro atoms. The quantitative estimate of drug-likeness (QED) is 0.903. The lowest BCUT2D eigenvalue weighted by Crippen LogP contribution is -2.47. The van der Waals surface area contributed by atoms with Gasteiger partial charge in [-0.15, -0.1) is 0 Å². The van der Waals surface area contributed by atoms with Gasteiger partial charge in [-0.2, -0.15) is 0 Å². The minimum absolute atomic E-state index is 0.145. The van der Waals surface area contributed by atoms with Crippen LogP contribution in [0.3, 0.4) is 0 Å². The molecule has 1 unspecified atom stereocenters. The van der Waals surface area contributed by atoms with Crippen LogP contribution in [0.15, 0.2) is 18.2 Å². The van der Waals surface area contributed by atoms with Gasteiger partial charge in [0.05, 0.1) is 7.11 Å². The molecule has 1 amide bonds. The molecule has 0 aliphatic carbocycles. The minimum Gasteiger partial charge on any atom is -0.494 e. The van der Waals surface area contributed by atoms with Crippen molar-refractivity contribution in [1.82, 2.24) is 10.2 Å². The van der Waals surface area contributed by atoms with E-state index in [1.807, 2.05) is 18.0 Å². The van der Waals surface area contributed by atoms with Crippen LogP contribution in [0.25, 0.3) is 0 Å². The normalized spacial score (nSPS) is 18.6. The van der Waals surface area contributed by atoms with Crippen molar-refractivity contribution in [2.24, 2.45) is 0 Å². The summed E-state index contributed by atoms with van der Waals surface area (Å²) in [4.78, 5) is 14.1. The van der Waals surface area contributed by atoms with E-state index < -0.39 is 0 Å². The van der Waals surface area contributed by atoms with Gasteiger partial charge >= 0.3 is 0 Å². The van der Waals surface area contributed by atoms with Crippen molar-refractivity contribution < 1.29 is 13.9 Å². The van der Waals surface area contributed by atoms with Gasteiger partial charge in [-0.05, 0) is 44.0 Å². The van der Waals surface area contributed by atoms with Gasteiger partial charge in [0.2, 0.25) is 5.91 Å². The molecule has 1 aliphatic rings. The summed E-state index contributed by atoms with van der Waals surface area (Å²) < 4.78 is 18.5. The van der Waals surface area contributed by atoms with Gasteiger partial charge in [-0.3, -0.25) is 4.79 Å². The Labute approximate surface area is 125 Å². The van der Waals surface area contributed by atoms with E-state index in [9.17, 15) is 9.18 Å². The zero-order valence-electron chi connectivity index (χ0n) is 12.7. The van der Waals surface area contributed by atoms with Gasteiger partial charge in [-0.1, -0.05) is 6.07 Å². The average molecular weight is 294 g/mol. The van der Waals surface area contributed by atoms with Crippen molar-refractivity contribution >= 4 is 5.91 Å². The lowest BCUT2D eigenvalue weighted by atomic mass is 10.0. The van der Waals surface area contributed by atoms with Gasteiger partial charge < -0.3 is 15.0 Å². The number of halogens is 1. The average Bonchev–Trinajstić information content (AvgIpc) is 2.52. The summed E-state index contributed by atoms with van der Waals surface area (Å²) in [6.07, 6.45) is 3.13. The summed E-state index contributed by atoms with van der Waals surface area (Å²) in [7, 11) is 3.37. The molecule has 0 saturated carbocycles. The Hall–Kier alpha value is -1.62. The van der Waals surface area contributed by atoms with Crippen LogP contribution in [0.5, 0.6) is 5.75 Å². The Morgan fingerprint density at radius 2 is 2.33 bits per heavy atom. The Morgan fingerprint density at radius 1 is 1.52 bits per heavy atom. The number of amides is 1. The maximum Gasteiger partial charge on any atom is 0.222 e. The maximum absolute atomic E-state index is 13.6. The number of benzene rings is 1. The number of carbonyl (C=O) groups excluding carboxylic acids is 1. The number of aryl methyl sites for hydroxylation is 1. The van der Waals surface area contributed by atoms with E-state index in [-0.39, 0.29) is 17.5 Å². The molecule has 21 heavy (non-hydrogen) atoms. The number of likely N-dealkylation sites (N-methyl/N-ethyl adjacent to an activating group) is 1. The number of hydrogen-bond donors (Lipinski definition) is 1. The molecule has 1 aromatic rings. The molecule has 4 nitrogen and oxygen atoms in total. The van der Waals surface area contributed by atoms with Gasteiger partial charge in [0, 0.05) is 25.6 Å². The molecule has 1 atom stereocenters. The van der Waals surface area contributed by atoms with Crippen molar-refractivity contribution in [3.8, 4) is 5.75 Å². The van der Waals surface area contributed by atoms with Gasteiger partial charge in [0.25, 0.3) is 0 Å². The van der Waals surface area contributed by atoms with Crippen LogP contribution in [0.2, 0.25) is 0 Å². The number of rotatable bonds is 5. The molecule has 1 aromatic carbocycles. The summed E-state index contributed by atoms with van der Waals surface area (Å²) in [5.74, 6) is -0.000172. The molecule has 1 N–H and O–H groups in total. The van der Waals surface area contributed by atoms with E-state index in [0.29, 0.717) is 18.9 Å². The molecule has 116 valence electrons. The van der Waals surface area contributed by atoms with Crippen molar-refractivity contribution in [2.75, 3.05) is 27.2 Å². The standard InChI is InChI=1S/C16H23FN2O2/c1-18-13-4-3-9-19(11-13)16(20)8-6-12-5-7-15(21-2)14(17)10-12/h5,7,10,13,18H,3-4,6,8-9,11H2,1-2H3. The van der Waals surface area contributed by atoms with Crippen LogP contribution >= 0.6 is 0 Å². The molecule has 2 rings (SSSR count). The highest BCUT2D eigenvalue weighted by atomic mass is 19.1. The first-order valence-corrected chi connectivity index (χ1v) is 7.41. The van der Waals surface area contributed by atoms with Crippen LogP contribution in [-0.2, 0) is 11.2 Å². The van der Waals surface area contributed by atoms with Crippen molar-refractivity contribution in [3.05, 3.63) is 29.6 Å². The zero-order chi connectivity index (χ0) is 15.2. The Balaban J connectivity index is 1.87. The molecule has 0 bridgehead atoms. The van der Waals surface area contributed by atoms with Crippen LogP contribution in [0, 0.1) is 5.82 Å². The van der Waals surface area contributed by atoms with Crippen LogP contribution in [0.1, 0.15) is 24.8 Å². The highest BCUT2D eigenvalue weighted by Crippen LogP contribution is 2.19. The SMILES string of the molecule is CNC1CCCN(C(=O)CCc2ccc(OC)c(F)c2)C1. The van der Waals surface area contributed by atoms with E-state index in [0.717, 1.165) is 31.5 Å². The van der Waals surface area contributed by atoms with Crippen molar-refractivity contribution in [3.63, 3.8) is 0 Å². The first-order chi connectivity index (χ1) is 10.1. The monoisotopic (exact) mass is 294 g/mol. The fraction of sp³-hybridized carbons (Fsp3) is 0.562. The summed E-state index contributed by atoms with van der Waals surface area (Å²) in [6.45, 7) is 1.60. The predicted molar refractivity (Wildman–Crippen MR) is 79.9 cm³/mol. The topological polar surface area (TPSA) is 41.6 Å². The van der Waals surface area contributed by atoms with Crippen molar-refractivity contribution in [1.29, 1.82) is 0 Å². The largest absolute Gasteiger partial charge is 0.494 e. The summed E-state index contributed by atoms with van der Waals surface area (Å²) >= 11 is 0. The molecule has 5 heteroatoms. The third-order valence-electron chi connectivity index (χ3n) is 4.03. The van der Waals surface area contributed by atoms with Crippen molar-refractivity contribution in [2.45, 2.75) is 31.7 Å². The first kappa shape index (κ1) is 15.8. The van der Waals surface area contributed by atoms with E-state index >= 15 is 0 Å². The van der Waals surface area contributed by atoms with Gasteiger partial charge in [0.1, 0.15) is 0 Å². The zero-order valence-corrected chi connectivity index (χ0v) is 12.7. The number of likely N-dealkylation sites (tertiary alicyclic amines) is 1. The smallest absolute Gasteiger partial charge is 0.222 e. The Bertz CT molecular complexity index is 493. The second kappa shape index (κ2) is 7.41. The molecule has 1 saturated heterocycles. The molecule has 1 fully saturated rings.